The number of anilines is 1. The van der Waals surface area contributed by atoms with Crippen LogP contribution in [0.1, 0.15) is 22.9 Å². The van der Waals surface area contributed by atoms with Gasteiger partial charge < -0.3 is 24.3 Å². The zero-order valence-corrected chi connectivity index (χ0v) is 18.0. The van der Waals surface area contributed by atoms with Gasteiger partial charge in [0.15, 0.2) is 11.5 Å². The smallest absolute Gasteiger partial charge is 0.322 e. The lowest BCUT2D eigenvalue weighted by Gasteiger charge is -2.31. The summed E-state index contributed by atoms with van der Waals surface area (Å²) in [5.41, 5.74) is 4.95. The number of rotatable bonds is 2. The Morgan fingerprint density at radius 1 is 0.848 bits per heavy atom. The molecule has 0 spiro atoms. The van der Waals surface area contributed by atoms with Gasteiger partial charge in [0.25, 0.3) is 0 Å². The molecule has 2 aliphatic rings. The summed E-state index contributed by atoms with van der Waals surface area (Å²) in [6.45, 7) is 1.51. The van der Waals surface area contributed by atoms with Crippen molar-refractivity contribution >= 4 is 11.7 Å². The van der Waals surface area contributed by atoms with Crippen LogP contribution in [0.4, 0.5) is 10.5 Å². The summed E-state index contributed by atoms with van der Waals surface area (Å²) in [6.07, 6.45) is 2.06. The molecule has 0 bridgehead atoms. The number of amides is 2. The first-order chi connectivity index (χ1) is 16.3. The summed E-state index contributed by atoms with van der Waals surface area (Å²) in [7, 11) is 0. The first-order valence-corrected chi connectivity index (χ1v) is 11.1. The normalized spacial score (nSPS) is 16.4. The Morgan fingerprint density at radius 3 is 2.52 bits per heavy atom. The minimum Gasteiger partial charge on any atom is -0.486 e. The number of para-hydroxylation sites is 1. The highest BCUT2D eigenvalue weighted by atomic mass is 16.6. The largest absolute Gasteiger partial charge is 0.486 e. The third-order valence-corrected chi connectivity index (χ3v) is 6.13. The second-order valence-electron chi connectivity index (χ2n) is 8.16. The lowest BCUT2D eigenvalue weighted by Crippen LogP contribution is -2.37. The van der Waals surface area contributed by atoms with Gasteiger partial charge in [0.1, 0.15) is 13.2 Å². The molecule has 3 heterocycles. The minimum atomic E-state index is -0.245. The van der Waals surface area contributed by atoms with Crippen molar-refractivity contribution in [3.8, 4) is 17.2 Å². The number of benzene rings is 3. The minimum absolute atomic E-state index is 0.176. The molecule has 164 valence electrons. The fourth-order valence-electron chi connectivity index (χ4n) is 4.64. The highest BCUT2D eigenvalue weighted by Crippen LogP contribution is 2.37. The van der Waals surface area contributed by atoms with Gasteiger partial charge in [-0.3, -0.25) is 0 Å². The fourth-order valence-corrected chi connectivity index (χ4v) is 4.64. The second kappa shape index (κ2) is 8.06. The van der Waals surface area contributed by atoms with E-state index in [0.717, 1.165) is 22.5 Å². The van der Waals surface area contributed by atoms with E-state index in [4.69, 9.17) is 9.47 Å². The number of aromatic nitrogens is 1. The number of hydrogen-bond acceptors (Lipinski definition) is 3. The highest BCUT2D eigenvalue weighted by molar-refractivity contribution is 5.90. The Morgan fingerprint density at radius 2 is 1.64 bits per heavy atom. The van der Waals surface area contributed by atoms with Gasteiger partial charge in [0, 0.05) is 23.6 Å². The van der Waals surface area contributed by atoms with Gasteiger partial charge in [0.05, 0.1) is 18.3 Å². The number of ether oxygens (including phenoxy) is 2. The SMILES string of the molecule is O=C(Nc1ccc2c(c1)OCCO2)N1Cc2ccccc2-n2cccc2C1c1ccccc1. The van der Waals surface area contributed by atoms with Crippen LogP contribution in [0.3, 0.4) is 0 Å². The molecule has 0 fully saturated rings. The van der Waals surface area contributed by atoms with Gasteiger partial charge in [-0.05, 0) is 41.5 Å². The molecule has 1 N–H and O–H groups in total. The first-order valence-electron chi connectivity index (χ1n) is 11.1. The molecular weight excluding hydrogens is 414 g/mol. The summed E-state index contributed by atoms with van der Waals surface area (Å²) >= 11 is 0. The lowest BCUT2D eigenvalue weighted by atomic mass is 10.0. The number of urea groups is 1. The van der Waals surface area contributed by atoms with Crippen LogP contribution in [-0.2, 0) is 6.54 Å². The van der Waals surface area contributed by atoms with E-state index in [1.54, 1.807) is 0 Å². The molecule has 0 aliphatic carbocycles. The Balaban J connectivity index is 1.41. The maximum Gasteiger partial charge on any atom is 0.322 e. The van der Waals surface area contributed by atoms with Gasteiger partial charge in [-0.2, -0.15) is 0 Å². The van der Waals surface area contributed by atoms with Crippen molar-refractivity contribution in [2.45, 2.75) is 12.6 Å². The molecule has 3 aromatic carbocycles. The molecule has 1 atom stereocenters. The maximum absolute atomic E-state index is 13.7. The average molecular weight is 437 g/mol. The third-order valence-electron chi connectivity index (χ3n) is 6.13. The molecule has 0 radical (unpaired) electrons. The van der Waals surface area contributed by atoms with Gasteiger partial charge >= 0.3 is 6.03 Å². The van der Waals surface area contributed by atoms with Crippen LogP contribution < -0.4 is 14.8 Å². The second-order valence-corrected chi connectivity index (χ2v) is 8.16. The van der Waals surface area contributed by atoms with Crippen molar-refractivity contribution in [2.24, 2.45) is 0 Å². The molecule has 0 saturated heterocycles. The zero-order chi connectivity index (χ0) is 22.2. The van der Waals surface area contributed by atoms with Crippen LogP contribution in [0, 0.1) is 0 Å². The van der Waals surface area contributed by atoms with Crippen LogP contribution in [0.2, 0.25) is 0 Å². The van der Waals surface area contributed by atoms with E-state index in [0.29, 0.717) is 36.9 Å². The predicted molar refractivity (Wildman–Crippen MR) is 126 cm³/mol. The van der Waals surface area contributed by atoms with E-state index in [9.17, 15) is 4.79 Å². The van der Waals surface area contributed by atoms with Crippen molar-refractivity contribution in [3.05, 3.63) is 108 Å². The van der Waals surface area contributed by atoms with Gasteiger partial charge in [-0.25, -0.2) is 4.79 Å². The van der Waals surface area contributed by atoms with E-state index >= 15 is 0 Å². The number of fused-ring (bicyclic) bond motifs is 4. The topological polar surface area (TPSA) is 55.7 Å². The zero-order valence-electron chi connectivity index (χ0n) is 18.0. The molecule has 2 aliphatic heterocycles. The Hall–Kier alpha value is -4.19. The van der Waals surface area contributed by atoms with E-state index < -0.39 is 0 Å². The molecule has 4 aromatic rings. The quantitative estimate of drug-likeness (QED) is 0.458. The summed E-state index contributed by atoms with van der Waals surface area (Å²) in [5.74, 6) is 1.34. The van der Waals surface area contributed by atoms with Crippen molar-refractivity contribution in [2.75, 3.05) is 18.5 Å². The molecule has 6 rings (SSSR count). The molecule has 0 saturated carbocycles. The molecular formula is C27H23N3O3. The predicted octanol–water partition coefficient (Wildman–Crippen LogP) is 5.39. The molecule has 6 nitrogen and oxygen atoms in total. The summed E-state index contributed by atoms with van der Waals surface area (Å²) in [4.78, 5) is 15.6. The number of nitrogens with one attached hydrogen (secondary N) is 1. The van der Waals surface area contributed by atoms with E-state index in [1.165, 1.54) is 0 Å². The monoisotopic (exact) mass is 437 g/mol. The molecule has 6 heteroatoms. The number of carbonyl (C=O) groups excluding carboxylic acids is 1. The van der Waals surface area contributed by atoms with Crippen LogP contribution in [-0.4, -0.2) is 28.7 Å². The van der Waals surface area contributed by atoms with Crippen molar-refractivity contribution in [3.63, 3.8) is 0 Å². The van der Waals surface area contributed by atoms with Gasteiger partial charge in [-0.15, -0.1) is 0 Å². The van der Waals surface area contributed by atoms with Crippen molar-refractivity contribution in [1.82, 2.24) is 9.47 Å². The fraction of sp³-hybridized carbons (Fsp3) is 0.148. The van der Waals surface area contributed by atoms with Gasteiger partial charge in [-0.1, -0.05) is 48.5 Å². The van der Waals surface area contributed by atoms with Crippen LogP contribution in [0.25, 0.3) is 5.69 Å². The number of carbonyl (C=O) groups is 1. The Labute approximate surface area is 192 Å². The number of hydrogen-bond donors (Lipinski definition) is 1. The lowest BCUT2D eigenvalue weighted by molar-refractivity contribution is 0.171. The standard InChI is InChI=1S/C27H23N3O3/c31-27(28-21-12-13-24-25(17-21)33-16-15-32-24)30-18-20-9-4-5-10-22(20)29-14-6-11-23(29)26(30)19-7-2-1-3-8-19/h1-14,17,26H,15-16,18H2,(H,28,31). The molecule has 1 unspecified atom stereocenters. The van der Waals surface area contributed by atoms with Crippen LogP contribution in [0.5, 0.6) is 11.5 Å². The highest BCUT2D eigenvalue weighted by Gasteiger charge is 2.33. The average Bonchev–Trinajstić information content (AvgIpc) is 3.28. The maximum atomic E-state index is 13.7. The van der Waals surface area contributed by atoms with E-state index in [-0.39, 0.29) is 12.1 Å². The van der Waals surface area contributed by atoms with Crippen LogP contribution in [0.15, 0.2) is 91.1 Å². The molecule has 1 aromatic heterocycles. The third kappa shape index (κ3) is 3.49. The Kier molecular flexibility index (Phi) is 4.76. The summed E-state index contributed by atoms with van der Waals surface area (Å²) in [6, 6.07) is 27.6. The summed E-state index contributed by atoms with van der Waals surface area (Å²) < 4.78 is 13.5. The van der Waals surface area contributed by atoms with Crippen molar-refractivity contribution < 1.29 is 14.3 Å². The van der Waals surface area contributed by atoms with Gasteiger partial charge in [0.2, 0.25) is 0 Å². The molecule has 2 amide bonds. The van der Waals surface area contributed by atoms with E-state index in [2.05, 4.69) is 46.4 Å². The molecule has 33 heavy (non-hydrogen) atoms. The summed E-state index contributed by atoms with van der Waals surface area (Å²) in [5, 5.41) is 3.09. The van der Waals surface area contributed by atoms with Crippen molar-refractivity contribution in [1.29, 1.82) is 0 Å². The number of nitrogens with zero attached hydrogens (tertiary/aromatic N) is 2. The Bertz CT molecular complexity index is 1320. The van der Waals surface area contributed by atoms with E-state index in [1.807, 2.05) is 59.5 Å². The van der Waals surface area contributed by atoms with Crippen LogP contribution >= 0.6 is 0 Å². The first kappa shape index (κ1) is 19.5.